The Morgan fingerprint density at radius 1 is 1.00 bits per heavy atom. The molecule has 1 heterocycles. The molecule has 1 aliphatic heterocycles. The van der Waals surface area contributed by atoms with E-state index in [0.717, 1.165) is 32.2 Å². The standard InChI is InChI=1S/C23H34N2O/c24-22-18-9-6-10-19(22)16-20(15-18)23(26)25-14-5-4-11-21(25)13-12-17-7-2-1-3-8-17/h1-3,7-8,18-22H,4-6,9-16,24H2. The molecule has 2 N–H and O–H groups in total. The average Bonchev–Trinajstić information content (AvgIpc) is 2.67. The number of nitrogens with two attached hydrogens (primary N) is 1. The van der Waals surface area contributed by atoms with Crippen molar-refractivity contribution in [3.8, 4) is 0 Å². The van der Waals surface area contributed by atoms with Gasteiger partial charge in [-0.15, -0.1) is 0 Å². The van der Waals surface area contributed by atoms with Crippen molar-refractivity contribution in [3.05, 3.63) is 35.9 Å². The Morgan fingerprint density at radius 3 is 2.46 bits per heavy atom. The summed E-state index contributed by atoms with van der Waals surface area (Å²) in [5.41, 5.74) is 7.83. The predicted molar refractivity (Wildman–Crippen MR) is 106 cm³/mol. The third-order valence-corrected chi connectivity index (χ3v) is 7.28. The summed E-state index contributed by atoms with van der Waals surface area (Å²) in [6, 6.07) is 11.5. The van der Waals surface area contributed by atoms with E-state index in [4.69, 9.17) is 5.73 Å². The van der Waals surface area contributed by atoms with E-state index in [1.807, 2.05) is 0 Å². The fraction of sp³-hybridized carbons (Fsp3) is 0.696. The normalized spacial score (nSPS) is 34.5. The molecule has 1 saturated heterocycles. The molecular formula is C23H34N2O. The number of carbonyl (C=O) groups is 1. The highest BCUT2D eigenvalue weighted by Gasteiger charge is 2.42. The smallest absolute Gasteiger partial charge is 0.225 e. The molecule has 0 radical (unpaired) electrons. The molecule has 0 spiro atoms. The molecule has 142 valence electrons. The Morgan fingerprint density at radius 2 is 1.73 bits per heavy atom. The van der Waals surface area contributed by atoms with Crippen LogP contribution in [0.15, 0.2) is 30.3 Å². The largest absolute Gasteiger partial charge is 0.339 e. The van der Waals surface area contributed by atoms with Gasteiger partial charge in [0.2, 0.25) is 5.91 Å². The SMILES string of the molecule is NC1C2CCCC1CC(C(=O)N1CCCCC1CCc1ccccc1)C2. The van der Waals surface area contributed by atoms with E-state index in [2.05, 4.69) is 35.2 Å². The number of rotatable bonds is 4. The molecule has 3 unspecified atom stereocenters. The van der Waals surface area contributed by atoms with Gasteiger partial charge in [0, 0.05) is 24.5 Å². The summed E-state index contributed by atoms with van der Waals surface area (Å²) in [4.78, 5) is 15.7. The maximum Gasteiger partial charge on any atom is 0.225 e. The van der Waals surface area contributed by atoms with Gasteiger partial charge in [0.05, 0.1) is 0 Å². The van der Waals surface area contributed by atoms with E-state index in [1.54, 1.807) is 0 Å². The van der Waals surface area contributed by atoms with E-state index in [-0.39, 0.29) is 5.92 Å². The lowest BCUT2D eigenvalue weighted by atomic mass is 9.64. The number of fused-ring (bicyclic) bond motifs is 2. The molecular weight excluding hydrogens is 320 g/mol. The summed E-state index contributed by atoms with van der Waals surface area (Å²) in [7, 11) is 0. The van der Waals surface area contributed by atoms with Crippen molar-refractivity contribution in [2.75, 3.05) is 6.54 Å². The molecule has 3 fully saturated rings. The number of aryl methyl sites for hydroxylation is 1. The van der Waals surface area contributed by atoms with Crippen LogP contribution in [-0.2, 0) is 11.2 Å². The van der Waals surface area contributed by atoms with E-state index in [9.17, 15) is 4.79 Å². The summed E-state index contributed by atoms with van der Waals surface area (Å²) in [5.74, 6) is 1.86. The average molecular weight is 355 g/mol. The number of hydrogen-bond acceptors (Lipinski definition) is 2. The number of likely N-dealkylation sites (tertiary alicyclic amines) is 1. The lowest BCUT2D eigenvalue weighted by molar-refractivity contribution is -0.142. The minimum Gasteiger partial charge on any atom is -0.339 e. The first-order chi connectivity index (χ1) is 12.7. The quantitative estimate of drug-likeness (QED) is 0.883. The number of nitrogens with zero attached hydrogens (tertiary/aromatic N) is 1. The van der Waals surface area contributed by atoms with Gasteiger partial charge in [0.15, 0.2) is 0 Å². The molecule has 3 nitrogen and oxygen atoms in total. The minimum absolute atomic E-state index is 0.238. The number of amides is 1. The molecule has 26 heavy (non-hydrogen) atoms. The first kappa shape index (κ1) is 18.0. The highest BCUT2D eigenvalue weighted by Crippen LogP contribution is 2.43. The van der Waals surface area contributed by atoms with Crippen LogP contribution in [0.5, 0.6) is 0 Å². The molecule has 4 rings (SSSR count). The molecule has 3 atom stereocenters. The van der Waals surface area contributed by atoms with E-state index in [0.29, 0.717) is 29.8 Å². The van der Waals surface area contributed by atoms with Gasteiger partial charge >= 0.3 is 0 Å². The number of piperidine rings is 1. The van der Waals surface area contributed by atoms with Crippen molar-refractivity contribution in [2.45, 2.75) is 76.3 Å². The van der Waals surface area contributed by atoms with Crippen LogP contribution in [0, 0.1) is 17.8 Å². The Hall–Kier alpha value is -1.35. The number of hydrogen-bond donors (Lipinski definition) is 1. The summed E-state index contributed by atoms with van der Waals surface area (Å²) in [6.07, 6.45) is 11.7. The Kier molecular flexibility index (Phi) is 5.63. The van der Waals surface area contributed by atoms with Gasteiger partial charge < -0.3 is 10.6 Å². The van der Waals surface area contributed by atoms with Crippen LogP contribution in [0.2, 0.25) is 0 Å². The third-order valence-electron chi connectivity index (χ3n) is 7.28. The Balaban J connectivity index is 1.40. The van der Waals surface area contributed by atoms with Crippen molar-refractivity contribution >= 4 is 5.91 Å². The van der Waals surface area contributed by atoms with Crippen LogP contribution in [-0.4, -0.2) is 29.4 Å². The zero-order chi connectivity index (χ0) is 17.9. The van der Waals surface area contributed by atoms with Gasteiger partial charge in [-0.2, -0.15) is 0 Å². The van der Waals surface area contributed by atoms with Crippen LogP contribution in [0.1, 0.15) is 63.4 Å². The van der Waals surface area contributed by atoms with Crippen molar-refractivity contribution < 1.29 is 4.79 Å². The highest BCUT2D eigenvalue weighted by atomic mass is 16.2. The number of carbonyl (C=O) groups excluding carboxylic acids is 1. The highest BCUT2D eigenvalue weighted by molar-refractivity contribution is 5.79. The molecule has 1 amide bonds. The molecule has 2 saturated carbocycles. The minimum atomic E-state index is 0.238. The Labute approximate surface area is 158 Å². The molecule has 2 aliphatic carbocycles. The first-order valence-electron chi connectivity index (χ1n) is 10.8. The zero-order valence-electron chi connectivity index (χ0n) is 16.0. The van der Waals surface area contributed by atoms with Crippen LogP contribution < -0.4 is 5.73 Å². The maximum atomic E-state index is 13.4. The van der Waals surface area contributed by atoms with Gasteiger partial charge in [-0.1, -0.05) is 36.8 Å². The van der Waals surface area contributed by atoms with Gasteiger partial charge in [0.1, 0.15) is 0 Å². The second-order valence-electron chi connectivity index (χ2n) is 8.90. The summed E-state index contributed by atoms with van der Waals surface area (Å²) < 4.78 is 0. The lowest BCUT2D eigenvalue weighted by Gasteiger charge is -2.46. The second kappa shape index (κ2) is 8.12. The van der Waals surface area contributed by atoms with E-state index in [1.165, 1.54) is 44.1 Å². The molecule has 1 aromatic rings. The fourth-order valence-corrected chi connectivity index (χ4v) is 5.79. The molecule has 3 aliphatic rings. The van der Waals surface area contributed by atoms with Crippen molar-refractivity contribution in [1.82, 2.24) is 4.90 Å². The van der Waals surface area contributed by atoms with Gasteiger partial charge in [-0.05, 0) is 75.2 Å². The fourth-order valence-electron chi connectivity index (χ4n) is 5.79. The second-order valence-corrected chi connectivity index (χ2v) is 8.90. The predicted octanol–water partition coefficient (Wildman–Crippen LogP) is 4.15. The maximum absolute atomic E-state index is 13.4. The number of benzene rings is 1. The monoisotopic (exact) mass is 354 g/mol. The Bertz CT molecular complexity index is 587. The van der Waals surface area contributed by atoms with Crippen LogP contribution in [0.25, 0.3) is 0 Å². The van der Waals surface area contributed by atoms with E-state index < -0.39 is 0 Å². The zero-order valence-corrected chi connectivity index (χ0v) is 16.0. The van der Waals surface area contributed by atoms with Crippen LogP contribution in [0.4, 0.5) is 0 Å². The summed E-state index contributed by atoms with van der Waals surface area (Å²) in [5, 5.41) is 0. The van der Waals surface area contributed by atoms with Gasteiger partial charge in [-0.25, -0.2) is 0 Å². The molecule has 0 aromatic heterocycles. The third kappa shape index (κ3) is 3.83. The van der Waals surface area contributed by atoms with Crippen molar-refractivity contribution in [3.63, 3.8) is 0 Å². The summed E-state index contributed by atoms with van der Waals surface area (Å²) in [6.45, 7) is 0.968. The molecule has 2 bridgehead atoms. The lowest BCUT2D eigenvalue weighted by Crippen LogP contribution is -2.52. The van der Waals surface area contributed by atoms with Gasteiger partial charge in [-0.3, -0.25) is 4.79 Å². The topological polar surface area (TPSA) is 46.3 Å². The molecule has 1 aromatic carbocycles. The van der Waals surface area contributed by atoms with Crippen molar-refractivity contribution in [1.29, 1.82) is 0 Å². The summed E-state index contributed by atoms with van der Waals surface area (Å²) >= 11 is 0. The van der Waals surface area contributed by atoms with E-state index >= 15 is 0 Å². The van der Waals surface area contributed by atoms with Crippen LogP contribution >= 0.6 is 0 Å². The van der Waals surface area contributed by atoms with Crippen LogP contribution in [0.3, 0.4) is 0 Å². The van der Waals surface area contributed by atoms with Crippen molar-refractivity contribution in [2.24, 2.45) is 23.5 Å². The first-order valence-corrected chi connectivity index (χ1v) is 10.8. The van der Waals surface area contributed by atoms with Gasteiger partial charge in [0.25, 0.3) is 0 Å². The molecule has 3 heteroatoms.